The Labute approximate surface area is 230 Å². The maximum Gasteiger partial charge on any atom is 0.407 e. The van der Waals surface area contributed by atoms with Crippen LogP contribution in [0.5, 0.6) is 0 Å². The molecule has 0 aliphatic rings. The highest BCUT2D eigenvalue weighted by Crippen LogP contribution is 2.23. The highest BCUT2D eigenvalue weighted by Gasteiger charge is 2.35. The standard InChI is InChI=1S/C28H39N3O7S/c1-20(2)16-30(39(36,37)25-13-11-24(12-14-25)29-22(4)32)18-27(33)26(15-23-9-7-6-8-10-23)31(28(34)35)17-21(3)19-38-5/h6-14,20,26-27,33H,3,15-19H2,1-2,4-5H3,(H,29,32)(H,34,35)/t26-,27+/m0/s1. The largest absolute Gasteiger partial charge is 0.465 e. The number of amides is 2. The van der Waals surface area contributed by atoms with E-state index >= 15 is 0 Å². The Bertz CT molecular complexity index is 1200. The van der Waals surface area contributed by atoms with Crippen molar-refractivity contribution in [2.75, 3.05) is 38.7 Å². The lowest BCUT2D eigenvalue weighted by atomic mass is 9.99. The van der Waals surface area contributed by atoms with Crippen LogP contribution in [0.25, 0.3) is 0 Å². The van der Waals surface area contributed by atoms with E-state index in [1.165, 1.54) is 42.6 Å². The lowest BCUT2D eigenvalue weighted by Crippen LogP contribution is -2.53. The van der Waals surface area contributed by atoms with Gasteiger partial charge >= 0.3 is 6.09 Å². The molecule has 0 heterocycles. The number of carboxylic acid groups (broad SMARTS) is 1. The number of methoxy groups -OCH3 is 1. The topological polar surface area (TPSA) is 136 Å². The van der Waals surface area contributed by atoms with E-state index in [1.807, 2.05) is 44.2 Å². The first-order chi connectivity index (χ1) is 18.3. The minimum Gasteiger partial charge on any atom is -0.465 e. The minimum atomic E-state index is -4.06. The van der Waals surface area contributed by atoms with Crippen molar-refractivity contribution in [3.63, 3.8) is 0 Å². The number of aliphatic hydroxyl groups excluding tert-OH is 1. The zero-order valence-corrected chi connectivity index (χ0v) is 23.7. The second-order valence-electron chi connectivity index (χ2n) is 9.84. The first kappa shape index (κ1) is 32.0. The predicted molar refractivity (Wildman–Crippen MR) is 150 cm³/mol. The summed E-state index contributed by atoms with van der Waals surface area (Å²) in [5.41, 5.74) is 1.74. The summed E-state index contributed by atoms with van der Waals surface area (Å²) < 4.78 is 33.6. The number of sulfonamides is 1. The van der Waals surface area contributed by atoms with E-state index in [0.29, 0.717) is 11.3 Å². The van der Waals surface area contributed by atoms with Crippen LogP contribution < -0.4 is 5.32 Å². The van der Waals surface area contributed by atoms with Crippen LogP contribution in [-0.4, -0.2) is 85.3 Å². The van der Waals surface area contributed by atoms with E-state index in [2.05, 4.69) is 11.9 Å². The Morgan fingerprint density at radius 1 is 1.05 bits per heavy atom. The third kappa shape index (κ3) is 9.77. The third-order valence-corrected chi connectivity index (χ3v) is 7.74. The lowest BCUT2D eigenvalue weighted by molar-refractivity contribution is -0.114. The second kappa shape index (κ2) is 14.8. The summed E-state index contributed by atoms with van der Waals surface area (Å²) in [6.45, 7) is 8.77. The minimum absolute atomic E-state index is 0.00683. The van der Waals surface area contributed by atoms with Gasteiger partial charge in [-0.3, -0.25) is 9.69 Å². The van der Waals surface area contributed by atoms with Gasteiger partial charge in [-0.05, 0) is 47.7 Å². The molecular formula is C28H39N3O7S. The fourth-order valence-corrected chi connectivity index (χ4v) is 5.82. The molecule has 0 saturated heterocycles. The summed E-state index contributed by atoms with van der Waals surface area (Å²) in [7, 11) is -2.59. The van der Waals surface area contributed by atoms with E-state index in [0.717, 1.165) is 10.5 Å². The van der Waals surface area contributed by atoms with Gasteiger partial charge in [0.25, 0.3) is 0 Å². The molecule has 2 aromatic rings. The highest BCUT2D eigenvalue weighted by molar-refractivity contribution is 7.89. The fourth-order valence-electron chi connectivity index (χ4n) is 4.20. The van der Waals surface area contributed by atoms with Crippen molar-refractivity contribution in [3.05, 3.63) is 72.3 Å². The molecule has 0 unspecified atom stereocenters. The van der Waals surface area contributed by atoms with Crippen molar-refractivity contribution in [1.29, 1.82) is 0 Å². The average molecular weight is 562 g/mol. The molecule has 0 aliphatic carbocycles. The monoisotopic (exact) mass is 561 g/mol. The average Bonchev–Trinajstić information content (AvgIpc) is 2.86. The molecule has 2 atom stereocenters. The summed E-state index contributed by atoms with van der Waals surface area (Å²) in [5, 5.41) is 24.1. The maximum absolute atomic E-state index is 13.7. The molecule has 0 bridgehead atoms. The number of hydrogen-bond acceptors (Lipinski definition) is 6. The van der Waals surface area contributed by atoms with E-state index in [4.69, 9.17) is 4.74 Å². The number of benzene rings is 2. The van der Waals surface area contributed by atoms with Crippen molar-refractivity contribution < 1.29 is 33.0 Å². The number of anilines is 1. The quantitative estimate of drug-likeness (QED) is 0.283. The number of aliphatic hydroxyl groups is 1. The fraction of sp³-hybridized carbons (Fsp3) is 0.429. The maximum atomic E-state index is 13.7. The molecule has 39 heavy (non-hydrogen) atoms. The Kier molecular flexibility index (Phi) is 12.1. The van der Waals surface area contributed by atoms with Crippen LogP contribution in [0.15, 0.2) is 71.6 Å². The molecule has 11 heteroatoms. The second-order valence-corrected chi connectivity index (χ2v) is 11.8. The number of rotatable bonds is 15. The number of ether oxygens (including phenoxy) is 1. The molecule has 2 amide bonds. The van der Waals surface area contributed by atoms with Crippen LogP contribution in [0.1, 0.15) is 26.3 Å². The Hall–Kier alpha value is -3.25. The van der Waals surface area contributed by atoms with Crippen molar-refractivity contribution in [1.82, 2.24) is 9.21 Å². The smallest absolute Gasteiger partial charge is 0.407 e. The van der Waals surface area contributed by atoms with E-state index < -0.39 is 28.3 Å². The molecule has 2 rings (SSSR count). The van der Waals surface area contributed by atoms with E-state index in [-0.39, 0.29) is 49.4 Å². The number of nitrogens with one attached hydrogen (secondary N) is 1. The lowest BCUT2D eigenvalue weighted by Gasteiger charge is -2.36. The van der Waals surface area contributed by atoms with Gasteiger partial charge in [-0.15, -0.1) is 0 Å². The molecule has 0 saturated carbocycles. The third-order valence-electron chi connectivity index (χ3n) is 5.89. The van der Waals surface area contributed by atoms with Crippen LogP contribution >= 0.6 is 0 Å². The summed E-state index contributed by atoms with van der Waals surface area (Å²) in [6.07, 6.45) is -2.46. The summed E-state index contributed by atoms with van der Waals surface area (Å²) in [4.78, 5) is 24.7. The molecule has 3 N–H and O–H groups in total. The van der Waals surface area contributed by atoms with Crippen LogP contribution in [0.2, 0.25) is 0 Å². The Morgan fingerprint density at radius 2 is 1.67 bits per heavy atom. The molecule has 0 aromatic heterocycles. The van der Waals surface area contributed by atoms with Gasteiger partial charge in [0.2, 0.25) is 15.9 Å². The van der Waals surface area contributed by atoms with E-state index in [9.17, 15) is 28.2 Å². The molecule has 0 radical (unpaired) electrons. The zero-order chi connectivity index (χ0) is 29.2. The summed E-state index contributed by atoms with van der Waals surface area (Å²) >= 11 is 0. The number of carbonyl (C=O) groups excluding carboxylic acids is 1. The van der Waals surface area contributed by atoms with Crippen LogP contribution in [-0.2, 0) is 26.0 Å². The van der Waals surface area contributed by atoms with Gasteiger partial charge in [0, 0.05) is 39.4 Å². The van der Waals surface area contributed by atoms with Crippen LogP contribution in [0.4, 0.5) is 10.5 Å². The van der Waals surface area contributed by atoms with Crippen molar-refractivity contribution in [2.45, 2.75) is 44.2 Å². The molecule has 0 spiro atoms. The van der Waals surface area contributed by atoms with Gasteiger partial charge in [-0.2, -0.15) is 4.31 Å². The summed E-state index contributed by atoms with van der Waals surface area (Å²) in [5.74, 6) is -0.356. The summed E-state index contributed by atoms with van der Waals surface area (Å²) in [6, 6.07) is 13.9. The molecule has 0 aliphatic heterocycles. The van der Waals surface area contributed by atoms with Crippen molar-refractivity contribution >= 4 is 27.7 Å². The molecular weight excluding hydrogens is 522 g/mol. The van der Waals surface area contributed by atoms with Gasteiger partial charge in [-0.1, -0.05) is 50.8 Å². The number of hydrogen-bond donors (Lipinski definition) is 3. The van der Waals surface area contributed by atoms with Gasteiger partial charge in [0.05, 0.1) is 23.6 Å². The van der Waals surface area contributed by atoms with Gasteiger partial charge in [-0.25, -0.2) is 13.2 Å². The molecule has 0 fully saturated rings. The number of carbonyl (C=O) groups is 2. The van der Waals surface area contributed by atoms with Crippen molar-refractivity contribution in [2.24, 2.45) is 5.92 Å². The molecule has 2 aromatic carbocycles. The van der Waals surface area contributed by atoms with E-state index in [1.54, 1.807) is 0 Å². The van der Waals surface area contributed by atoms with Crippen molar-refractivity contribution in [3.8, 4) is 0 Å². The zero-order valence-electron chi connectivity index (χ0n) is 22.9. The number of nitrogens with zero attached hydrogens (tertiary/aromatic N) is 2. The first-order valence-electron chi connectivity index (χ1n) is 12.6. The highest BCUT2D eigenvalue weighted by atomic mass is 32.2. The van der Waals surface area contributed by atoms with Crippen LogP contribution in [0.3, 0.4) is 0 Å². The molecule has 10 nitrogen and oxygen atoms in total. The van der Waals surface area contributed by atoms with Gasteiger partial charge in [0.1, 0.15) is 0 Å². The van der Waals surface area contributed by atoms with Crippen LogP contribution in [0, 0.1) is 5.92 Å². The SMILES string of the molecule is C=C(COC)CN(C(=O)O)[C@@H](Cc1ccccc1)[C@H](O)CN(CC(C)C)S(=O)(=O)c1ccc(NC(C)=O)cc1. The Balaban J connectivity index is 2.43. The predicted octanol–water partition coefficient (Wildman–Crippen LogP) is 3.45. The molecule has 214 valence electrons. The first-order valence-corrected chi connectivity index (χ1v) is 14.0. The Morgan fingerprint density at radius 3 is 2.18 bits per heavy atom. The normalized spacial score (nSPS) is 13.2. The van der Waals surface area contributed by atoms with Gasteiger partial charge in [0.15, 0.2) is 0 Å². The van der Waals surface area contributed by atoms with Gasteiger partial charge < -0.3 is 20.3 Å².